The molecule has 0 radical (unpaired) electrons. The zero-order chi connectivity index (χ0) is 13.2. The highest BCUT2D eigenvalue weighted by atomic mass is 79.9. The molecule has 1 aromatic carbocycles. The molecule has 0 N–H and O–H groups in total. The van der Waals surface area contributed by atoms with Gasteiger partial charge in [0.1, 0.15) is 0 Å². The van der Waals surface area contributed by atoms with Gasteiger partial charge in [-0.3, -0.25) is 0 Å². The Bertz CT molecular complexity index is 563. The predicted molar refractivity (Wildman–Crippen MR) is 85.6 cm³/mol. The van der Waals surface area contributed by atoms with Crippen LogP contribution >= 0.6 is 27.3 Å². The van der Waals surface area contributed by atoms with Gasteiger partial charge in [0.15, 0.2) is 0 Å². The number of halogens is 1. The van der Waals surface area contributed by atoms with Crippen LogP contribution in [0.5, 0.6) is 0 Å². The third-order valence-electron chi connectivity index (χ3n) is 4.11. The molecule has 0 spiro atoms. The molecule has 3 rings (SSSR count). The number of benzene rings is 1. The van der Waals surface area contributed by atoms with Gasteiger partial charge in [-0.25, -0.2) is 4.98 Å². The van der Waals surface area contributed by atoms with Gasteiger partial charge in [0.25, 0.3) is 0 Å². The van der Waals surface area contributed by atoms with Crippen molar-refractivity contribution in [3.63, 3.8) is 0 Å². The molecule has 0 bridgehead atoms. The van der Waals surface area contributed by atoms with Crippen molar-refractivity contribution in [3.8, 4) is 11.3 Å². The van der Waals surface area contributed by atoms with Gasteiger partial charge in [0, 0.05) is 21.3 Å². The van der Waals surface area contributed by atoms with E-state index < -0.39 is 0 Å². The number of thiazole rings is 1. The first-order valence-electron chi connectivity index (χ1n) is 6.97. The Morgan fingerprint density at radius 1 is 1.37 bits per heavy atom. The molecule has 1 aliphatic carbocycles. The summed E-state index contributed by atoms with van der Waals surface area (Å²) in [5, 5.41) is 3.54. The van der Waals surface area contributed by atoms with E-state index in [0.717, 1.165) is 16.1 Å². The summed E-state index contributed by atoms with van der Waals surface area (Å²) in [6, 6.07) is 8.40. The van der Waals surface area contributed by atoms with E-state index in [2.05, 4.69) is 52.5 Å². The Morgan fingerprint density at radius 3 is 3.00 bits per heavy atom. The van der Waals surface area contributed by atoms with Gasteiger partial charge in [-0.1, -0.05) is 41.4 Å². The van der Waals surface area contributed by atoms with Crippen LogP contribution in [-0.4, -0.2) is 4.98 Å². The first-order chi connectivity index (χ1) is 9.26. The van der Waals surface area contributed by atoms with Crippen LogP contribution in [0.1, 0.15) is 43.5 Å². The maximum atomic E-state index is 4.87. The van der Waals surface area contributed by atoms with Gasteiger partial charge in [-0.2, -0.15) is 0 Å². The summed E-state index contributed by atoms with van der Waals surface area (Å²) in [5.74, 6) is 1.62. The topological polar surface area (TPSA) is 12.9 Å². The molecule has 0 saturated heterocycles. The summed E-state index contributed by atoms with van der Waals surface area (Å²) in [7, 11) is 0. The highest BCUT2D eigenvalue weighted by Gasteiger charge is 2.26. The highest BCUT2D eigenvalue weighted by Crippen LogP contribution is 2.41. The third kappa shape index (κ3) is 2.92. The number of rotatable bonds is 3. The van der Waals surface area contributed by atoms with Crippen molar-refractivity contribution in [3.05, 3.63) is 39.1 Å². The Balaban J connectivity index is 1.80. The summed E-state index contributed by atoms with van der Waals surface area (Å²) >= 11 is 5.36. The average Bonchev–Trinajstić information content (AvgIpc) is 3.07. The number of hydrogen-bond acceptors (Lipinski definition) is 2. The van der Waals surface area contributed by atoms with Crippen LogP contribution in [0.3, 0.4) is 0 Å². The first kappa shape index (κ1) is 13.3. The average molecular weight is 336 g/mol. The fraction of sp³-hybridized carbons (Fsp3) is 0.438. The molecule has 2 atom stereocenters. The van der Waals surface area contributed by atoms with Crippen molar-refractivity contribution in [2.75, 3.05) is 0 Å². The summed E-state index contributed by atoms with van der Waals surface area (Å²) in [5.41, 5.74) is 2.34. The second-order valence-corrected chi connectivity index (χ2v) is 7.17. The van der Waals surface area contributed by atoms with Crippen LogP contribution in [-0.2, 0) is 0 Å². The van der Waals surface area contributed by atoms with Crippen molar-refractivity contribution >= 4 is 27.3 Å². The lowest BCUT2D eigenvalue weighted by atomic mass is 10.0. The van der Waals surface area contributed by atoms with Crippen LogP contribution in [0.25, 0.3) is 11.3 Å². The molecule has 1 aliphatic rings. The van der Waals surface area contributed by atoms with E-state index in [1.807, 2.05) is 11.3 Å². The number of hydrogen-bond donors (Lipinski definition) is 0. The lowest BCUT2D eigenvalue weighted by Gasteiger charge is -2.06. The van der Waals surface area contributed by atoms with E-state index in [0.29, 0.717) is 5.92 Å². The largest absolute Gasteiger partial charge is 0.241 e. The molecule has 1 saturated carbocycles. The fourth-order valence-corrected chi connectivity index (χ4v) is 4.30. The SMILES string of the molecule is CCC1CCC(c2nc(-c3cccc(Br)c3)cs2)C1. The van der Waals surface area contributed by atoms with Crippen molar-refractivity contribution in [2.24, 2.45) is 5.92 Å². The summed E-state index contributed by atoms with van der Waals surface area (Å²) < 4.78 is 1.12. The Morgan fingerprint density at radius 2 is 2.26 bits per heavy atom. The third-order valence-corrected chi connectivity index (χ3v) is 5.61. The standard InChI is InChI=1S/C16H18BrNS/c1-2-11-6-7-13(8-11)16-18-15(10-19-16)12-4-3-5-14(17)9-12/h3-5,9-11,13H,2,6-8H2,1H3. The van der Waals surface area contributed by atoms with Gasteiger partial charge in [-0.05, 0) is 37.3 Å². The van der Waals surface area contributed by atoms with Crippen LogP contribution in [0.4, 0.5) is 0 Å². The molecule has 2 aromatic rings. The van der Waals surface area contributed by atoms with Gasteiger partial charge in [0.05, 0.1) is 10.7 Å². The maximum absolute atomic E-state index is 4.87. The monoisotopic (exact) mass is 335 g/mol. The molecule has 0 aliphatic heterocycles. The molecule has 2 unspecified atom stereocenters. The van der Waals surface area contributed by atoms with Crippen molar-refractivity contribution in [1.29, 1.82) is 0 Å². The van der Waals surface area contributed by atoms with Crippen LogP contribution < -0.4 is 0 Å². The number of nitrogens with zero attached hydrogens (tertiary/aromatic N) is 1. The fourth-order valence-electron chi connectivity index (χ4n) is 2.93. The normalized spacial score (nSPS) is 22.8. The minimum absolute atomic E-state index is 0.704. The summed E-state index contributed by atoms with van der Waals surface area (Å²) in [4.78, 5) is 4.87. The minimum Gasteiger partial charge on any atom is -0.241 e. The Labute approximate surface area is 127 Å². The van der Waals surface area contributed by atoms with Gasteiger partial charge in [-0.15, -0.1) is 11.3 Å². The van der Waals surface area contributed by atoms with E-state index in [9.17, 15) is 0 Å². The quantitative estimate of drug-likeness (QED) is 0.683. The van der Waals surface area contributed by atoms with Crippen LogP contribution in [0.2, 0.25) is 0 Å². The molecular weight excluding hydrogens is 318 g/mol. The first-order valence-corrected chi connectivity index (χ1v) is 8.65. The van der Waals surface area contributed by atoms with Gasteiger partial charge < -0.3 is 0 Å². The molecule has 1 fully saturated rings. The molecule has 0 amide bonds. The summed E-state index contributed by atoms with van der Waals surface area (Å²) in [6.07, 6.45) is 5.36. The lowest BCUT2D eigenvalue weighted by molar-refractivity contribution is 0.521. The molecular formula is C16H18BrNS. The second-order valence-electron chi connectivity index (χ2n) is 5.37. The summed E-state index contributed by atoms with van der Waals surface area (Å²) in [6.45, 7) is 2.31. The van der Waals surface area contributed by atoms with Crippen molar-refractivity contribution in [2.45, 2.75) is 38.5 Å². The van der Waals surface area contributed by atoms with E-state index in [1.54, 1.807) is 0 Å². The highest BCUT2D eigenvalue weighted by molar-refractivity contribution is 9.10. The van der Waals surface area contributed by atoms with Crippen molar-refractivity contribution in [1.82, 2.24) is 4.98 Å². The van der Waals surface area contributed by atoms with Crippen LogP contribution in [0, 0.1) is 5.92 Å². The van der Waals surface area contributed by atoms with Gasteiger partial charge in [0.2, 0.25) is 0 Å². The lowest BCUT2D eigenvalue weighted by Crippen LogP contribution is -1.94. The van der Waals surface area contributed by atoms with Gasteiger partial charge >= 0.3 is 0 Å². The smallest absolute Gasteiger partial charge is 0.0963 e. The molecule has 1 heterocycles. The van der Waals surface area contributed by atoms with E-state index in [-0.39, 0.29) is 0 Å². The zero-order valence-corrected chi connectivity index (χ0v) is 13.5. The van der Waals surface area contributed by atoms with E-state index in [1.165, 1.54) is 36.3 Å². The molecule has 3 heteroatoms. The predicted octanol–water partition coefficient (Wildman–Crippen LogP) is 5.87. The molecule has 1 aromatic heterocycles. The van der Waals surface area contributed by atoms with E-state index >= 15 is 0 Å². The molecule has 1 nitrogen and oxygen atoms in total. The number of aromatic nitrogens is 1. The van der Waals surface area contributed by atoms with Crippen molar-refractivity contribution < 1.29 is 0 Å². The Hall–Kier alpha value is -0.670. The van der Waals surface area contributed by atoms with E-state index in [4.69, 9.17) is 4.98 Å². The maximum Gasteiger partial charge on any atom is 0.0963 e. The second kappa shape index (κ2) is 5.76. The zero-order valence-electron chi connectivity index (χ0n) is 11.1. The minimum atomic E-state index is 0.704. The van der Waals surface area contributed by atoms with Crippen LogP contribution in [0.15, 0.2) is 34.1 Å². The molecule has 100 valence electrons. The molecule has 19 heavy (non-hydrogen) atoms. The Kier molecular flexibility index (Phi) is 4.04.